The maximum atomic E-state index is 6.14. The minimum atomic E-state index is -0.619. The van der Waals surface area contributed by atoms with Crippen LogP contribution >= 0.6 is 0 Å². The maximum Gasteiger partial charge on any atom is 0.216 e. The molecule has 9 heteroatoms. The van der Waals surface area contributed by atoms with Crippen LogP contribution in [0.4, 0.5) is 0 Å². The molecule has 32 heavy (non-hydrogen) atoms. The molecule has 0 spiro atoms. The second-order valence-corrected chi connectivity index (χ2v) is 7.40. The zero-order valence-electron chi connectivity index (χ0n) is 18.4. The van der Waals surface area contributed by atoms with Crippen LogP contribution in [0.5, 0.6) is 0 Å². The molecule has 2 aromatic rings. The van der Waals surface area contributed by atoms with Crippen LogP contribution in [0.15, 0.2) is 57.7 Å². The molecule has 0 unspecified atom stereocenters. The number of aliphatic imine (C=N–C) groups is 2. The topological polar surface area (TPSA) is 146 Å². The smallest absolute Gasteiger partial charge is 0.216 e. The number of pyridine rings is 1. The number of hydrogen-bond acceptors (Lipinski definition) is 6. The molecule has 9 nitrogen and oxygen atoms in total. The molecule has 1 aliphatic heterocycles. The molecule has 0 radical (unpaired) electrons. The molecule has 0 atom stereocenters. The standard InChI is InChI=1S/C23H31N7O2/c1-2-3-11-27-20(29-22(25)23-31-12-6-13-32-23)14-16-9-10-19(28-15-16)17-7-4-5-8-18(17)21(24)30-26/h4-5,7-10,15,23H,2-3,6,11-14,26H2,1H3,(H2,24,30)(H2,25,27,29). The van der Waals surface area contributed by atoms with E-state index in [2.05, 4.69) is 27.0 Å². The molecule has 0 bridgehead atoms. The lowest BCUT2D eigenvalue weighted by molar-refractivity contribution is -0.138. The molecular weight excluding hydrogens is 406 g/mol. The molecule has 170 valence electrons. The summed E-state index contributed by atoms with van der Waals surface area (Å²) < 4.78 is 11.1. The van der Waals surface area contributed by atoms with Crippen molar-refractivity contribution in [3.8, 4) is 11.3 Å². The molecule has 1 saturated heterocycles. The zero-order valence-corrected chi connectivity index (χ0v) is 18.4. The summed E-state index contributed by atoms with van der Waals surface area (Å²) >= 11 is 0. The summed E-state index contributed by atoms with van der Waals surface area (Å²) in [6.07, 6.45) is 4.57. The molecule has 3 rings (SSSR count). The zero-order chi connectivity index (χ0) is 22.8. The van der Waals surface area contributed by atoms with E-state index in [-0.39, 0.29) is 11.7 Å². The largest absolute Gasteiger partial charge is 0.383 e. The predicted octanol–water partition coefficient (Wildman–Crippen LogP) is 2.19. The monoisotopic (exact) mass is 437 g/mol. The van der Waals surface area contributed by atoms with Crippen LogP contribution in [0.1, 0.15) is 37.3 Å². The first-order chi connectivity index (χ1) is 15.6. The Labute approximate surface area is 188 Å². The van der Waals surface area contributed by atoms with Gasteiger partial charge in [0.25, 0.3) is 0 Å². The average Bonchev–Trinajstić information content (AvgIpc) is 2.84. The fourth-order valence-corrected chi connectivity index (χ4v) is 3.23. The number of nitrogens with zero attached hydrogens (tertiary/aromatic N) is 4. The van der Waals surface area contributed by atoms with E-state index in [4.69, 9.17) is 26.8 Å². The van der Waals surface area contributed by atoms with Crippen molar-refractivity contribution in [3.63, 3.8) is 0 Å². The van der Waals surface area contributed by atoms with E-state index < -0.39 is 6.29 Å². The first-order valence-electron chi connectivity index (χ1n) is 10.8. The summed E-state index contributed by atoms with van der Waals surface area (Å²) in [4.78, 5) is 13.8. The second-order valence-electron chi connectivity index (χ2n) is 7.40. The Morgan fingerprint density at radius 2 is 1.91 bits per heavy atom. The van der Waals surface area contributed by atoms with Crippen LogP contribution in [0, 0.1) is 0 Å². The lowest BCUT2D eigenvalue weighted by Crippen LogP contribution is -2.38. The van der Waals surface area contributed by atoms with Crippen LogP contribution in [0.25, 0.3) is 11.3 Å². The number of hydrazone groups is 1. The molecular formula is C23H31N7O2. The van der Waals surface area contributed by atoms with Gasteiger partial charge in [-0.1, -0.05) is 43.7 Å². The molecule has 0 amide bonds. The fourth-order valence-electron chi connectivity index (χ4n) is 3.23. The predicted molar refractivity (Wildman–Crippen MR) is 127 cm³/mol. The van der Waals surface area contributed by atoms with Crippen molar-refractivity contribution in [2.45, 2.75) is 38.9 Å². The quantitative estimate of drug-likeness (QED) is 0.190. The SMILES string of the molecule is CCCCN=C(Cc1ccc(-c2ccccc2/C(N)=N/N)nc1)N=C(N)C1OCCCO1. The number of hydrogen-bond donors (Lipinski definition) is 3. The number of benzene rings is 1. The summed E-state index contributed by atoms with van der Waals surface area (Å²) in [5, 5.41) is 3.61. The molecule has 6 N–H and O–H groups in total. The Morgan fingerprint density at radius 1 is 1.12 bits per heavy atom. The minimum Gasteiger partial charge on any atom is -0.383 e. The Morgan fingerprint density at radius 3 is 2.59 bits per heavy atom. The van der Waals surface area contributed by atoms with Gasteiger partial charge < -0.3 is 26.8 Å². The van der Waals surface area contributed by atoms with Gasteiger partial charge in [-0.3, -0.25) is 9.98 Å². The van der Waals surface area contributed by atoms with Crippen LogP contribution in [-0.4, -0.2) is 48.5 Å². The van der Waals surface area contributed by atoms with Gasteiger partial charge in [-0.25, -0.2) is 4.99 Å². The normalized spacial score (nSPS) is 16.3. The van der Waals surface area contributed by atoms with Crippen LogP contribution in [-0.2, 0) is 15.9 Å². The molecule has 0 aliphatic carbocycles. The second kappa shape index (κ2) is 11.9. The fraction of sp³-hybridized carbons (Fsp3) is 0.391. The van der Waals surface area contributed by atoms with E-state index in [1.165, 1.54) is 0 Å². The van der Waals surface area contributed by atoms with Gasteiger partial charge in [-0.05, 0) is 24.5 Å². The van der Waals surface area contributed by atoms with E-state index in [0.717, 1.165) is 41.6 Å². The highest BCUT2D eigenvalue weighted by Gasteiger charge is 2.19. The van der Waals surface area contributed by atoms with E-state index in [0.29, 0.717) is 32.0 Å². The first kappa shape index (κ1) is 23.4. The van der Waals surface area contributed by atoms with Crippen molar-refractivity contribution in [2.75, 3.05) is 19.8 Å². The highest BCUT2D eigenvalue weighted by atomic mass is 16.7. The number of rotatable bonds is 8. The van der Waals surface area contributed by atoms with Crippen molar-refractivity contribution >= 4 is 17.5 Å². The molecule has 1 fully saturated rings. The van der Waals surface area contributed by atoms with Gasteiger partial charge in [0.2, 0.25) is 6.29 Å². The van der Waals surface area contributed by atoms with E-state index in [1.54, 1.807) is 6.20 Å². The number of aromatic nitrogens is 1. The maximum absolute atomic E-state index is 6.14. The van der Waals surface area contributed by atoms with E-state index >= 15 is 0 Å². The summed E-state index contributed by atoms with van der Waals surface area (Å²) in [6.45, 7) is 4.02. The average molecular weight is 438 g/mol. The number of unbranched alkanes of at least 4 members (excludes halogenated alkanes) is 1. The Kier molecular flexibility index (Phi) is 8.70. The van der Waals surface area contributed by atoms with E-state index in [9.17, 15) is 0 Å². The number of nitrogens with two attached hydrogens (primary N) is 3. The lowest BCUT2D eigenvalue weighted by atomic mass is 10.0. The van der Waals surface area contributed by atoms with Crippen LogP contribution in [0.3, 0.4) is 0 Å². The Balaban J connectivity index is 1.79. The van der Waals surface area contributed by atoms with Crippen molar-refractivity contribution < 1.29 is 9.47 Å². The van der Waals surface area contributed by atoms with Crippen LogP contribution < -0.4 is 17.3 Å². The van der Waals surface area contributed by atoms with Crippen molar-refractivity contribution in [1.29, 1.82) is 0 Å². The molecule has 1 aromatic heterocycles. The third kappa shape index (κ3) is 6.35. The van der Waals surface area contributed by atoms with E-state index in [1.807, 2.05) is 36.4 Å². The molecule has 1 aromatic carbocycles. The van der Waals surface area contributed by atoms with Gasteiger partial charge in [-0.15, -0.1) is 0 Å². The van der Waals surface area contributed by atoms with Crippen molar-refractivity contribution in [2.24, 2.45) is 32.4 Å². The number of ether oxygens (including phenoxy) is 2. The van der Waals surface area contributed by atoms with Crippen molar-refractivity contribution in [1.82, 2.24) is 4.98 Å². The van der Waals surface area contributed by atoms with Gasteiger partial charge in [0, 0.05) is 30.3 Å². The third-order valence-electron chi connectivity index (χ3n) is 4.94. The summed E-state index contributed by atoms with van der Waals surface area (Å²) in [6, 6.07) is 11.5. The third-order valence-corrected chi connectivity index (χ3v) is 4.94. The Hall–Kier alpha value is -3.30. The molecule has 1 aliphatic rings. The van der Waals surface area contributed by atoms with Gasteiger partial charge in [0.1, 0.15) is 5.84 Å². The van der Waals surface area contributed by atoms with Gasteiger partial charge in [0.15, 0.2) is 11.7 Å². The minimum absolute atomic E-state index is 0.258. The summed E-state index contributed by atoms with van der Waals surface area (Å²) in [7, 11) is 0. The van der Waals surface area contributed by atoms with Crippen LogP contribution in [0.2, 0.25) is 0 Å². The number of amidine groups is 3. The highest BCUT2D eigenvalue weighted by molar-refractivity contribution is 6.03. The lowest BCUT2D eigenvalue weighted by Gasteiger charge is -2.22. The molecule has 2 heterocycles. The highest BCUT2D eigenvalue weighted by Crippen LogP contribution is 2.22. The Bertz CT molecular complexity index is 965. The van der Waals surface area contributed by atoms with Gasteiger partial charge in [-0.2, -0.15) is 5.10 Å². The van der Waals surface area contributed by atoms with Crippen molar-refractivity contribution in [3.05, 3.63) is 53.7 Å². The van der Waals surface area contributed by atoms with Gasteiger partial charge in [0.05, 0.1) is 18.9 Å². The molecule has 0 saturated carbocycles. The first-order valence-corrected chi connectivity index (χ1v) is 10.8. The summed E-state index contributed by atoms with van der Waals surface area (Å²) in [5.41, 5.74) is 15.4. The summed E-state index contributed by atoms with van der Waals surface area (Å²) in [5.74, 6) is 6.54. The van der Waals surface area contributed by atoms with Gasteiger partial charge >= 0.3 is 0 Å².